The minimum absolute atomic E-state index is 0.101. The van der Waals surface area contributed by atoms with Gasteiger partial charge in [-0.2, -0.15) is 13.2 Å². The van der Waals surface area contributed by atoms with Crippen LogP contribution in [0.3, 0.4) is 0 Å². The molecule has 0 saturated heterocycles. The minimum Gasteiger partial charge on any atom is -0.243 e. The third-order valence-corrected chi connectivity index (χ3v) is 2.69. The Labute approximate surface area is 107 Å². The highest BCUT2D eigenvalue weighted by atomic mass is 79.9. The molecule has 0 aliphatic heterocycles. The first-order chi connectivity index (χ1) is 8.41. The van der Waals surface area contributed by atoms with E-state index in [9.17, 15) is 13.2 Å². The van der Waals surface area contributed by atoms with Crippen LogP contribution < -0.4 is 0 Å². The predicted molar refractivity (Wildman–Crippen MR) is 63.3 cm³/mol. The third kappa shape index (κ3) is 2.39. The van der Waals surface area contributed by atoms with Gasteiger partial charge in [-0.15, -0.1) is 0 Å². The Bertz CT molecular complexity index is 662. The molecule has 2 aromatic rings. The number of hydrogen-bond acceptors (Lipinski definition) is 2. The molecule has 0 fully saturated rings. The fourth-order valence-electron chi connectivity index (χ4n) is 1.46. The van der Waals surface area contributed by atoms with E-state index in [1.165, 1.54) is 6.07 Å². The summed E-state index contributed by atoms with van der Waals surface area (Å²) < 4.78 is 38.5. The van der Waals surface area contributed by atoms with Crippen LogP contribution >= 0.6 is 15.9 Å². The monoisotopic (exact) mass is 316 g/mol. The summed E-state index contributed by atoms with van der Waals surface area (Å²) in [7, 11) is 0. The number of halogens is 4. The second kappa shape index (κ2) is 4.47. The molecule has 8 heteroatoms. The first-order valence-corrected chi connectivity index (χ1v) is 5.44. The number of hydrogen-bond donors (Lipinski definition) is 0. The van der Waals surface area contributed by atoms with Gasteiger partial charge in [-0.25, -0.2) is 4.98 Å². The molecule has 4 nitrogen and oxygen atoms in total. The van der Waals surface area contributed by atoms with Crippen LogP contribution in [-0.4, -0.2) is 4.98 Å². The topological polar surface area (TPSA) is 61.7 Å². The van der Waals surface area contributed by atoms with Crippen LogP contribution in [0, 0.1) is 0 Å². The number of fused-ring (bicyclic) bond motifs is 1. The highest BCUT2D eigenvalue weighted by Crippen LogP contribution is 2.35. The molecule has 0 radical (unpaired) electrons. The van der Waals surface area contributed by atoms with E-state index in [0.717, 1.165) is 6.07 Å². The maximum absolute atomic E-state index is 12.6. The van der Waals surface area contributed by atoms with E-state index >= 15 is 0 Å². The number of rotatable bonds is 1. The van der Waals surface area contributed by atoms with Crippen molar-refractivity contribution in [1.29, 1.82) is 0 Å². The molecule has 0 spiro atoms. The molecule has 1 heterocycles. The second-order valence-electron chi connectivity index (χ2n) is 3.38. The summed E-state index contributed by atoms with van der Waals surface area (Å²) in [5.74, 6) is 0. The van der Waals surface area contributed by atoms with Gasteiger partial charge in [0.1, 0.15) is 5.69 Å². The van der Waals surface area contributed by atoms with Gasteiger partial charge in [-0.05, 0) is 29.8 Å². The summed E-state index contributed by atoms with van der Waals surface area (Å²) in [5, 5.41) is 3.63. The molecule has 0 bridgehead atoms. The van der Waals surface area contributed by atoms with Crippen LogP contribution in [-0.2, 0) is 6.18 Å². The van der Waals surface area contributed by atoms with Gasteiger partial charge in [0.15, 0.2) is 0 Å². The quantitative estimate of drug-likeness (QED) is 0.416. The van der Waals surface area contributed by atoms with Gasteiger partial charge in [-0.3, -0.25) is 0 Å². The summed E-state index contributed by atoms with van der Waals surface area (Å²) >= 11 is 3.19. The molecular formula is C10H4BrF3N4. The first kappa shape index (κ1) is 12.7. The SMILES string of the molecule is [N-]=[N+]=Nc1cc(C(F)(F)F)nc2ccc(Br)cc12. The Morgan fingerprint density at radius 2 is 2.00 bits per heavy atom. The van der Waals surface area contributed by atoms with Crippen molar-refractivity contribution in [2.24, 2.45) is 5.11 Å². The van der Waals surface area contributed by atoms with Gasteiger partial charge in [0, 0.05) is 20.5 Å². The predicted octanol–water partition coefficient (Wildman–Crippen LogP) is 4.96. The van der Waals surface area contributed by atoms with E-state index < -0.39 is 11.9 Å². The maximum atomic E-state index is 12.6. The molecule has 0 amide bonds. The van der Waals surface area contributed by atoms with Crippen LogP contribution in [0.25, 0.3) is 21.3 Å². The molecule has 0 saturated carbocycles. The van der Waals surface area contributed by atoms with Crippen LogP contribution in [0.1, 0.15) is 5.69 Å². The lowest BCUT2D eigenvalue weighted by Crippen LogP contribution is -2.07. The second-order valence-corrected chi connectivity index (χ2v) is 4.29. The van der Waals surface area contributed by atoms with Crippen molar-refractivity contribution in [2.75, 3.05) is 0 Å². The zero-order chi connectivity index (χ0) is 13.3. The van der Waals surface area contributed by atoms with Crippen molar-refractivity contribution in [2.45, 2.75) is 6.18 Å². The number of pyridine rings is 1. The molecular weight excluding hydrogens is 313 g/mol. The summed E-state index contributed by atoms with van der Waals surface area (Å²) in [6, 6.07) is 5.27. The molecule has 1 aromatic heterocycles. The molecule has 0 atom stereocenters. The normalized spacial score (nSPS) is 11.3. The van der Waals surface area contributed by atoms with Crippen molar-refractivity contribution in [3.8, 4) is 0 Å². The Balaban J connectivity index is 2.82. The standard InChI is InChI=1S/C10H4BrF3N4/c11-5-1-2-7-6(3-5)8(17-18-15)4-9(16-7)10(12,13)14/h1-4H. The van der Waals surface area contributed by atoms with E-state index in [2.05, 4.69) is 30.9 Å². The number of alkyl halides is 3. The lowest BCUT2D eigenvalue weighted by atomic mass is 10.1. The Morgan fingerprint density at radius 1 is 1.28 bits per heavy atom. The van der Waals surface area contributed by atoms with Gasteiger partial charge < -0.3 is 0 Å². The van der Waals surface area contributed by atoms with Gasteiger partial charge in [-0.1, -0.05) is 21.0 Å². The van der Waals surface area contributed by atoms with Gasteiger partial charge in [0.05, 0.1) is 5.52 Å². The third-order valence-electron chi connectivity index (χ3n) is 2.19. The lowest BCUT2D eigenvalue weighted by Gasteiger charge is -2.09. The van der Waals surface area contributed by atoms with Crippen LogP contribution in [0.2, 0.25) is 0 Å². The van der Waals surface area contributed by atoms with E-state index in [1.54, 1.807) is 12.1 Å². The molecule has 0 aliphatic carbocycles. The van der Waals surface area contributed by atoms with Gasteiger partial charge in [0.25, 0.3) is 0 Å². The fraction of sp³-hybridized carbons (Fsp3) is 0.100. The van der Waals surface area contributed by atoms with Crippen molar-refractivity contribution in [3.63, 3.8) is 0 Å². The highest BCUT2D eigenvalue weighted by Gasteiger charge is 2.33. The molecule has 0 unspecified atom stereocenters. The van der Waals surface area contributed by atoms with E-state index in [1.807, 2.05) is 0 Å². The Hall–Kier alpha value is -1.79. The minimum atomic E-state index is -4.58. The number of benzene rings is 1. The van der Waals surface area contributed by atoms with Crippen molar-refractivity contribution in [1.82, 2.24) is 4.98 Å². The lowest BCUT2D eigenvalue weighted by molar-refractivity contribution is -0.140. The number of nitrogens with zero attached hydrogens (tertiary/aromatic N) is 4. The van der Waals surface area contributed by atoms with E-state index in [0.29, 0.717) is 9.86 Å². The zero-order valence-corrected chi connectivity index (χ0v) is 10.2. The van der Waals surface area contributed by atoms with E-state index in [-0.39, 0.29) is 11.2 Å². The Kier molecular flexibility index (Phi) is 3.14. The first-order valence-electron chi connectivity index (χ1n) is 4.64. The summed E-state index contributed by atoms with van der Waals surface area (Å²) in [4.78, 5) is 6.02. The van der Waals surface area contributed by atoms with Gasteiger partial charge >= 0.3 is 6.18 Å². The van der Waals surface area contributed by atoms with Crippen molar-refractivity contribution in [3.05, 3.63) is 44.9 Å². The highest BCUT2D eigenvalue weighted by molar-refractivity contribution is 9.10. The Morgan fingerprint density at radius 3 is 2.61 bits per heavy atom. The molecule has 92 valence electrons. The van der Waals surface area contributed by atoms with Crippen molar-refractivity contribution >= 4 is 32.5 Å². The fourth-order valence-corrected chi connectivity index (χ4v) is 1.82. The summed E-state index contributed by atoms with van der Waals surface area (Å²) in [6.07, 6.45) is -4.58. The zero-order valence-electron chi connectivity index (χ0n) is 8.61. The smallest absolute Gasteiger partial charge is 0.243 e. The van der Waals surface area contributed by atoms with E-state index in [4.69, 9.17) is 5.53 Å². The molecule has 2 rings (SSSR count). The maximum Gasteiger partial charge on any atom is 0.433 e. The number of aromatic nitrogens is 1. The summed E-state index contributed by atoms with van der Waals surface area (Å²) in [6.45, 7) is 0. The van der Waals surface area contributed by atoms with Crippen LogP contribution in [0.5, 0.6) is 0 Å². The van der Waals surface area contributed by atoms with Crippen molar-refractivity contribution < 1.29 is 13.2 Å². The number of azide groups is 1. The summed E-state index contributed by atoms with van der Waals surface area (Å²) in [5.41, 5.74) is 7.32. The van der Waals surface area contributed by atoms with Crippen LogP contribution in [0.15, 0.2) is 33.9 Å². The average Bonchev–Trinajstić information content (AvgIpc) is 2.28. The largest absolute Gasteiger partial charge is 0.433 e. The molecule has 0 N–H and O–H groups in total. The van der Waals surface area contributed by atoms with Crippen LogP contribution in [0.4, 0.5) is 18.9 Å². The molecule has 18 heavy (non-hydrogen) atoms. The molecule has 1 aromatic carbocycles. The van der Waals surface area contributed by atoms with Gasteiger partial charge in [0.2, 0.25) is 0 Å². The average molecular weight is 317 g/mol. The molecule has 0 aliphatic rings.